The van der Waals surface area contributed by atoms with Crippen LogP contribution in [0.2, 0.25) is 0 Å². The minimum atomic E-state index is -0.510. The summed E-state index contributed by atoms with van der Waals surface area (Å²) in [6, 6.07) is 61.8. The molecule has 2 aliphatic rings. The van der Waals surface area contributed by atoms with Crippen LogP contribution in [0.15, 0.2) is 199 Å². The van der Waals surface area contributed by atoms with E-state index in [1.165, 1.54) is 55.5 Å². The average molecular weight is 756 g/mol. The number of rotatable bonds is 4. The van der Waals surface area contributed by atoms with E-state index in [1.807, 2.05) is 0 Å². The summed E-state index contributed by atoms with van der Waals surface area (Å²) in [4.78, 5) is 4.99. The first kappa shape index (κ1) is 32.6. The molecule has 13 rings (SSSR count). The lowest BCUT2D eigenvalue weighted by Gasteiger charge is -2.34. The van der Waals surface area contributed by atoms with E-state index in [1.54, 1.807) is 0 Å². The highest BCUT2D eigenvalue weighted by molar-refractivity contribution is 6.18. The second-order valence-electron chi connectivity index (χ2n) is 16.2. The quantitative estimate of drug-likeness (QED) is 0.179. The van der Waals surface area contributed by atoms with Crippen LogP contribution in [0.1, 0.15) is 40.7 Å². The molecule has 4 aromatic heterocycles. The summed E-state index contributed by atoms with van der Waals surface area (Å²) in [6.07, 6.45) is 9.07. The summed E-state index contributed by atoms with van der Waals surface area (Å²) in [7, 11) is 0. The van der Waals surface area contributed by atoms with Gasteiger partial charge in [0.1, 0.15) is 11.1 Å². The number of nitrogens with zero attached hydrogens (tertiary/aromatic N) is 3. The number of furan rings is 1. The molecule has 2 unspecified atom stereocenters. The standard InChI is InChI=1S/C55H37N3O/c1-34-37(52-39-22-9-13-27-47(39)57-48-28-14-12-26-45(48)56-33-50(52)57)24-16-29-46(34)58-49-32-41-38-21-8-11-25-43(38)55(35-17-4-2-5-18-35,36-19-6-3-7-20-36)44(41)31-42(49)54-53(58)40-23-10-15-30-51(40)59-54/h2-34,37H,1H3. The van der Waals surface area contributed by atoms with Crippen LogP contribution in [0.3, 0.4) is 0 Å². The Morgan fingerprint density at radius 1 is 0.576 bits per heavy atom. The molecule has 0 aliphatic heterocycles. The number of benzene rings is 7. The molecule has 4 heterocycles. The van der Waals surface area contributed by atoms with Crippen molar-refractivity contribution in [1.82, 2.24) is 14.0 Å². The Morgan fingerprint density at radius 2 is 1.25 bits per heavy atom. The predicted octanol–water partition coefficient (Wildman–Crippen LogP) is 13.7. The van der Waals surface area contributed by atoms with Crippen molar-refractivity contribution in [3.8, 4) is 11.1 Å². The molecule has 0 fully saturated rings. The van der Waals surface area contributed by atoms with E-state index in [-0.39, 0.29) is 11.8 Å². The number of allylic oxidation sites excluding steroid dienone is 4. The van der Waals surface area contributed by atoms with Gasteiger partial charge in [0.25, 0.3) is 0 Å². The molecule has 2 atom stereocenters. The highest BCUT2D eigenvalue weighted by atomic mass is 16.3. The Hall–Kier alpha value is -7.43. The highest BCUT2D eigenvalue weighted by Crippen LogP contribution is 2.58. The molecule has 0 radical (unpaired) electrons. The van der Waals surface area contributed by atoms with Gasteiger partial charge >= 0.3 is 0 Å². The van der Waals surface area contributed by atoms with E-state index in [4.69, 9.17) is 9.40 Å². The zero-order valence-electron chi connectivity index (χ0n) is 32.4. The largest absolute Gasteiger partial charge is 0.454 e. The van der Waals surface area contributed by atoms with Crippen LogP contribution in [0, 0.1) is 5.92 Å². The minimum absolute atomic E-state index is 0.0949. The van der Waals surface area contributed by atoms with E-state index >= 15 is 0 Å². The summed E-state index contributed by atoms with van der Waals surface area (Å²) in [5.74, 6) is 0.208. The molecule has 0 bridgehead atoms. The van der Waals surface area contributed by atoms with Crippen molar-refractivity contribution in [3.05, 3.63) is 222 Å². The molecule has 2 aliphatic carbocycles. The third kappa shape index (κ3) is 4.25. The van der Waals surface area contributed by atoms with Gasteiger partial charge in [0.2, 0.25) is 0 Å². The van der Waals surface area contributed by atoms with Crippen molar-refractivity contribution >= 4 is 66.1 Å². The maximum atomic E-state index is 6.97. The highest BCUT2D eigenvalue weighted by Gasteiger charge is 2.47. The third-order valence-electron chi connectivity index (χ3n) is 13.4. The molecule has 0 saturated heterocycles. The molecule has 4 nitrogen and oxygen atoms in total. The average Bonchev–Trinajstić information content (AvgIpc) is 4.01. The molecule has 4 heteroatoms. The predicted molar refractivity (Wildman–Crippen MR) is 242 cm³/mol. The molecule has 59 heavy (non-hydrogen) atoms. The molecule has 0 N–H and O–H groups in total. The number of fused-ring (bicyclic) bond motifs is 13. The Labute approximate surface area is 340 Å². The number of hydrogen-bond donors (Lipinski definition) is 0. The van der Waals surface area contributed by atoms with Crippen LogP contribution in [-0.2, 0) is 5.41 Å². The summed E-state index contributed by atoms with van der Waals surface area (Å²) in [5, 5.41) is 3.50. The lowest BCUT2D eigenvalue weighted by Crippen LogP contribution is -2.28. The smallest absolute Gasteiger partial charge is 0.161 e. The van der Waals surface area contributed by atoms with Gasteiger partial charge in [-0.05, 0) is 87.5 Å². The van der Waals surface area contributed by atoms with E-state index in [0.717, 1.165) is 49.5 Å². The van der Waals surface area contributed by atoms with Crippen molar-refractivity contribution in [2.75, 3.05) is 0 Å². The SMILES string of the molecule is CC1C(n2c3cc4c(cc3c3oc5ccccc5c32)C(c2ccccc2)(c2ccccc2)c2ccccc2-4)=CC=CC1c1c2ccccc2n2c1cnc1ccccc12. The number of aromatic nitrogens is 3. The van der Waals surface area contributed by atoms with Crippen molar-refractivity contribution < 1.29 is 4.42 Å². The van der Waals surface area contributed by atoms with Gasteiger partial charge in [-0.15, -0.1) is 0 Å². The molecule has 0 saturated carbocycles. The van der Waals surface area contributed by atoms with Crippen LogP contribution in [-0.4, -0.2) is 14.0 Å². The Bertz CT molecular complexity index is 3540. The first-order chi connectivity index (χ1) is 29.2. The first-order valence-corrected chi connectivity index (χ1v) is 20.6. The maximum Gasteiger partial charge on any atom is 0.161 e. The van der Waals surface area contributed by atoms with Crippen LogP contribution in [0.5, 0.6) is 0 Å². The lowest BCUT2D eigenvalue weighted by molar-refractivity contribution is 0.637. The van der Waals surface area contributed by atoms with E-state index in [0.29, 0.717) is 0 Å². The van der Waals surface area contributed by atoms with Gasteiger partial charge in [0.05, 0.1) is 39.2 Å². The lowest BCUT2D eigenvalue weighted by atomic mass is 9.67. The van der Waals surface area contributed by atoms with E-state index in [9.17, 15) is 0 Å². The summed E-state index contributed by atoms with van der Waals surface area (Å²) >= 11 is 0. The fourth-order valence-electron chi connectivity index (χ4n) is 11.0. The first-order valence-electron chi connectivity index (χ1n) is 20.6. The summed E-state index contributed by atoms with van der Waals surface area (Å²) in [6.45, 7) is 2.39. The molecular weight excluding hydrogens is 719 g/mol. The van der Waals surface area contributed by atoms with Gasteiger partial charge in [-0.2, -0.15) is 0 Å². The Balaban J connectivity index is 1.09. The zero-order valence-corrected chi connectivity index (χ0v) is 32.4. The van der Waals surface area contributed by atoms with E-state index in [2.05, 4.69) is 210 Å². The normalized spacial score (nSPS) is 17.1. The van der Waals surface area contributed by atoms with Crippen LogP contribution >= 0.6 is 0 Å². The summed E-state index contributed by atoms with van der Waals surface area (Å²) < 4.78 is 11.9. The fourth-order valence-corrected chi connectivity index (χ4v) is 11.0. The van der Waals surface area contributed by atoms with Gasteiger partial charge in [0.15, 0.2) is 5.58 Å². The Morgan fingerprint density at radius 3 is 2.07 bits per heavy atom. The molecule has 7 aromatic carbocycles. The van der Waals surface area contributed by atoms with Crippen molar-refractivity contribution in [2.24, 2.45) is 5.92 Å². The Kier molecular flexibility index (Phi) is 6.66. The van der Waals surface area contributed by atoms with Crippen LogP contribution in [0.25, 0.3) is 77.2 Å². The number of hydrogen-bond acceptors (Lipinski definition) is 2. The monoisotopic (exact) mass is 755 g/mol. The molecular formula is C55H37N3O. The molecule has 0 amide bonds. The molecule has 278 valence electrons. The van der Waals surface area contributed by atoms with Crippen molar-refractivity contribution in [2.45, 2.75) is 18.3 Å². The fraction of sp³-hybridized carbons (Fsp3) is 0.0727. The van der Waals surface area contributed by atoms with Crippen molar-refractivity contribution in [1.29, 1.82) is 0 Å². The van der Waals surface area contributed by atoms with Gasteiger partial charge in [0, 0.05) is 33.7 Å². The van der Waals surface area contributed by atoms with Gasteiger partial charge < -0.3 is 13.4 Å². The second kappa shape index (κ2) is 12.0. The van der Waals surface area contributed by atoms with E-state index < -0.39 is 5.41 Å². The maximum absolute atomic E-state index is 6.97. The van der Waals surface area contributed by atoms with Gasteiger partial charge in [-0.3, -0.25) is 4.98 Å². The van der Waals surface area contributed by atoms with Crippen LogP contribution in [0.4, 0.5) is 0 Å². The topological polar surface area (TPSA) is 35.4 Å². The zero-order chi connectivity index (χ0) is 38.8. The number of para-hydroxylation sites is 4. The van der Waals surface area contributed by atoms with Gasteiger partial charge in [-0.25, -0.2) is 0 Å². The van der Waals surface area contributed by atoms with Crippen LogP contribution < -0.4 is 0 Å². The van der Waals surface area contributed by atoms with Crippen molar-refractivity contribution in [3.63, 3.8) is 0 Å². The molecule has 11 aromatic rings. The third-order valence-corrected chi connectivity index (χ3v) is 13.4. The van der Waals surface area contributed by atoms with Gasteiger partial charge in [-0.1, -0.05) is 146 Å². The second-order valence-corrected chi connectivity index (χ2v) is 16.2. The summed E-state index contributed by atoms with van der Waals surface area (Å²) in [5.41, 5.74) is 18.2. The molecule has 0 spiro atoms. The minimum Gasteiger partial charge on any atom is -0.454 e.